The largest absolute Gasteiger partial charge is 0.273 e. The molecule has 0 aromatic carbocycles. The predicted molar refractivity (Wildman–Crippen MR) is 48.9 cm³/mol. The molecule has 1 saturated heterocycles. The zero-order valence-corrected chi connectivity index (χ0v) is 8.00. The van der Waals surface area contributed by atoms with E-state index in [-0.39, 0.29) is 5.91 Å². The maximum Gasteiger partial charge on any atom is 0.246 e. The molecule has 0 unspecified atom stereocenters. The highest BCUT2D eigenvalue weighted by molar-refractivity contribution is 5.76. The molecular weight excluding hydrogens is 166 g/mol. The first-order valence-corrected chi connectivity index (χ1v) is 5.33. The lowest BCUT2D eigenvalue weighted by Gasteiger charge is -2.26. The number of hydrogen-bond donors (Lipinski definition) is 0. The van der Waals surface area contributed by atoms with E-state index in [1.54, 1.807) is 5.06 Å². The van der Waals surface area contributed by atoms with E-state index in [9.17, 15) is 4.79 Å². The van der Waals surface area contributed by atoms with Crippen molar-refractivity contribution >= 4 is 5.91 Å². The second kappa shape index (κ2) is 4.09. The van der Waals surface area contributed by atoms with E-state index < -0.39 is 0 Å². The molecule has 13 heavy (non-hydrogen) atoms. The molecule has 1 amide bonds. The van der Waals surface area contributed by atoms with Gasteiger partial charge in [0, 0.05) is 13.0 Å². The molecule has 3 nitrogen and oxygen atoms in total. The first kappa shape index (κ1) is 9.00. The molecule has 0 aromatic rings. The summed E-state index contributed by atoms with van der Waals surface area (Å²) in [5.41, 5.74) is 0. The molecule has 0 aromatic heterocycles. The summed E-state index contributed by atoms with van der Waals surface area (Å²) in [6.07, 6.45) is 8.05. The molecule has 3 heteroatoms. The van der Waals surface area contributed by atoms with E-state index in [1.807, 2.05) is 0 Å². The van der Waals surface area contributed by atoms with Crippen molar-refractivity contribution in [2.75, 3.05) is 6.54 Å². The minimum atomic E-state index is 0.172. The second-order valence-corrected chi connectivity index (χ2v) is 3.96. The van der Waals surface area contributed by atoms with Crippen LogP contribution in [-0.4, -0.2) is 23.6 Å². The van der Waals surface area contributed by atoms with Crippen molar-refractivity contribution in [3.05, 3.63) is 0 Å². The van der Waals surface area contributed by atoms with Crippen LogP contribution in [0.3, 0.4) is 0 Å². The number of hydrogen-bond acceptors (Lipinski definition) is 2. The summed E-state index contributed by atoms with van der Waals surface area (Å²) in [7, 11) is 0. The second-order valence-electron chi connectivity index (χ2n) is 3.96. The molecule has 0 N–H and O–H groups in total. The van der Waals surface area contributed by atoms with Crippen LogP contribution in [-0.2, 0) is 9.63 Å². The lowest BCUT2D eigenvalue weighted by Crippen LogP contribution is -2.31. The third kappa shape index (κ3) is 2.21. The molecule has 1 saturated carbocycles. The number of rotatable bonds is 2. The van der Waals surface area contributed by atoms with Gasteiger partial charge in [-0.25, -0.2) is 5.06 Å². The number of carbonyl (C=O) groups excluding carboxylic acids is 1. The van der Waals surface area contributed by atoms with E-state index in [1.165, 1.54) is 19.3 Å². The summed E-state index contributed by atoms with van der Waals surface area (Å²) < 4.78 is 0. The number of amides is 1. The molecule has 1 aliphatic carbocycles. The Morgan fingerprint density at radius 3 is 2.54 bits per heavy atom. The highest BCUT2D eigenvalue weighted by atomic mass is 16.7. The van der Waals surface area contributed by atoms with Gasteiger partial charge in [0.15, 0.2) is 0 Å². The van der Waals surface area contributed by atoms with Gasteiger partial charge >= 0.3 is 0 Å². The standard InChI is InChI=1S/C10H17NO2/c12-10-7-4-8-11(10)13-9-5-2-1-3-6-9/h9H,1-8H2. The minimum absolute atomic E-state index is 0.172. The summed E-state index contributed by atoms with van der Waals surface area (Å²) in [6.45, 7) is 0.801. The van der Waals surface area contributed by atoms with Gasteiger partial charge in [-0.05, 0) is 19.3 Å². The molecule has 2 rings (SSSR count). The van der Waals surface area contributed by atoms with Crippen molar-refractivity contribution in [3.63, 3.8) is 0 Å². The van der Waals surface area contributed by atoms with E-state index in [4.69, 9.17) is 4.84 Å². The topological polar surface area (TPSA) is 29.5 Å². The van der Waals surface area contributed by atoms with Gasteiger partial charge in [0.1, 0.15) is 0 Å². The zero-order chi connectivity index (χ0) is 9.10. The first-order valence-electron chi connectivity index (χ1n) is 5.33. The molecule has 1 heterocycles. The molecule has 1 aliphatic heterocycles. The Morgan fingerprint density at radius 2 is 1.92 bits per heavy atom. The van der Waals surface area contributed by atoms with Gasteiger partial charge in [-0.2, -0.15) is 0 Å². The van der Waals surface area contributed by atoms with E-state index >= 15 is 0 Å². The molecule has 0 bridgehead atoms. The molecular formula is C10H17NO2. The summed E-state index contributed by atoms with van der Waals surface area (Å²) in [5.74, 6) is 0.172. The van der Waals surface area contributed by atoms with Crippen molar-refractivity contribution in [2.45, 2.75) is 51.0 Å². The smallest absolute Gasteiger partial charge is 0.246 e. The lowest BCUT2D eigenvalue weighted by atomic mass is 9.98. The molecule has 0 spiro atoms. The number of carbonyl (C=O) groups is 1. The quantitative estimate of drug-likeness (QED) is 0.654. The monoisotopic (exact) mass is 183 g/mol. The Kier molecular flexibility index (Phi) is 2.83. The Labute approximate surface area is 79.0 Å². The fraction of sp³-hybridized carbons (Fsp3) is 0.900. The van der Waals surface area contributed by atoms with E-state index in [0.29, 0.717) is 12.5 Å². The van der Waals surface area contributed by atoms with Crippen LogP contribution in [0.4, 0.5) is 0 Å². The van der Waals surface area contributed by atoms with Crippen LogP contribution >= 0.6 is 0 Å². The van der Waals surface area contributed by atoms with E-state index in [0.717, 1.165) is 25.8 Å². The fourth-order valence-electron chi connectivity index (χ4n) is 2.09. The van der Waals surface area contributed by atoms with Gasteiger partial charge in [-0.1, -0.05) is 19.3 Å². The van der Waals surface area contributed by atoms with Gasteiger partial charge in [-0.3, -0.25) is 9.63 Å². The highest BCUT2D eigenvalue weighted by Gasteiger charge is 2.25. The van der Waals surface area contributed by atoms with Gasteiger partial charge in [0.2, 0.25) is 5.91 Å². The fourth-order valence-corrected chi connectivity index (χ4v) is 2.09. The zero-order valence-electron chi connectivity index (χ0n) is 8.00. The number of nitrogens with zero attached hydrogens (tertiary/aromatic N) is 1. The van der Waals surface area contributed by atoms with Crippen LogP contribution in [0.5, 0.6) is 0 Å². The molecule has 2 aliphatic rings. The summed E-state index contributed by atoms with van der Waals surface area (Å²) >= 11 is 0. The van der Waals surface area contributed by atoms with Crippen molar-refractivity contribution in [3.8, 4) is 0 Å². The summed E-state index contributed by atoms with van der Waals surface area (Å²) in [6, 6.07) is 0. The predicted octanol–water partition coefficient (Wildman–Crippen LogP) is 1.87. The van der Waals surface area contributed by atoms with Crippen molar-refractivity contribution in [2.24, 2.45) is 0 Å². The van der Waals surface area contributed by atoms with Gasteiger partial charge in [0.05, 0.1) is 6.10 Å². The Hall–Kier alpha value is -0.570. The summed E-state index contributed by atoms with van der Waals surface area (Å²) in [5, 5.41) is 1.58. The average Bonchev–Trinajstić information content (AvgIpc) is 2.54. The normalized spacial score (nSPS) is 25.5. The van der Waals surface area contributed by atoms with Crippen LogP contribution in [0.25, 0.3) is 0 Å². The highest BCUT2D eigenvalue weighted by Crippen LogP contribution is 2.23. The lowest BCUT2D eigenvalue weighted by molar-refractivity contribution is -0.201. The molecule has 2 fully saturated rings. The van der Waals surface area contributed by atoms with E-state index in [2.05, 4.69) is 0 Å². The molecule has 74 valence electrons. The van der Waals surface area contributed by atoms with Crippen LogP contribution in [0.2, 0.25) is 0 Å². The van der Waals surface area contributed by atoms with Crippen LogP contribution in [0.15, 0.2) is 0 Å². The Bertz CT molecular complexity index is 187. The maximum atomic E-state index is 11.2. The van der Waals surface area contributed by atoms with Crippen LogP contribution < -0.4 is 0 Å². The van der Waals surface area contributed by atoms with Crippen molar-refractivity contribution < 1.29 is 9.63 Å². The minimum Gasteiger partial charge on any atom is -0.273 e. The first-order chi connectivity index (χ1) is 6.36. The average molecular weight is 183 g/mol. The third-order valence-electron chi connectivity index (χ3n) is 2.86. The SMILES string of the molecule is O=C1CCCN1OC1CCCCC1. The third-order valence-corrected chi connectivity index (χ3v) is 2.86. The number of hydroxylamine groups is 2. The Balaban J connectivity index is 1.79. The molecule has 0 radical (unpaired) electrons. The van der Waals surface area contributed by atoms with Gasteiger partial charge < -0.3 is 0 Å². The van der Waals surface area contributed by atoms with Gasteiger partial charge in [0.25, 0.3) is 0 Å². The maximum absolute atomic E-state index is 11.2. The van der Waals surface area contributed by atoms with Crippen molar-refractivity contribution in [1.29, 1.82) is 0 Å². The Morgan fingerprint density at radius 1 is 1.15 bits per heavy atom. The molecule has 0 atom stereocenters. The van der Waals surface area contributed by atoms with Crippen LogP contribution in [0, 0.1) is 0 Å². The van der Waals surface area contributed by atoms with Crippen molar-refractivity contribution in [1.82, 2.24) is 5.06 Å². The van der Waals surface area contributed by atoms with Gasteiger partial charge in [-0.15, -0.1) is 0 Å². The summed E-state index contributed by atoms with van der Waals surface area (Å²) in [4.78, 5) is 16.9. The van der Waals surface area contributed by atoms with Crippen LogP contribution in [0.1, 0.15) is 44.9 Å².